The predicted molar refractivity (Wildman–Crippen MR) is 112 cm³/mol. The molecule has 1 aromatic carbocycles. The predicted octanol–water partition coefficient (Wildman–Crippen LogP) is 4.96. The van der Waals surface area contributed by atoms with Crippen LogP contribution in [0.3, 0.4) is 0 Å². The van der Waals surface area contributed by atoms with Gasteiger partial charge in [-0.05, 0) is 43.7 Å². The van der Waals surface area contributed by atoms with Crippen molar-refractivity contribution in [3.63, 3.8) is 0 Å². The first kappa shape index (κ1) is 21.9. The molecule has 3 rings (SSSR count). The highest BCUT2D eigenvalue weighted by Gasteiger charge is 2.30. The van der Waals surface area contributed by atoms with Crippen LogP contribution in [0.15, 0.2) is 45.4 Å². The summed E-state index contributed by atoms with van der Waals surface area (Å²) in [5.74, 6) is -1.28. The second-order valence-electron chi connectivity index (χ2n) is 6.32. The van der Waals surface area contributed by atoms with E-state index in [4.69, 9.17) is 13.9 Å². The number of ether oxygens (including phenoxy) is 2. The number of halogens is 2. The minimum atomic E-state index is -0.701. The molecule has 0 aliphatic rings. The first-order valence-corrected chi connectivity index (χ1v) is 10.1. The third-order valence-electron chi connectivity index (χ3n) is 4.31. The molecule has 0 N–H and O–H groups in total. The van der Waals surface area contributed by atoms with Gasteiger partial charge in [0.15, 0.2) is 5.76 Å². The van der Waals surface area contributed by atoms with Gasteiger partial charge in [-0.3, -0.25) is 9.69 Å². The molecule has 0 saturated carbocycles. The smallest absolute Gasteiger partial charge is 0.414 e. The zero-order valence-electron chi connectivity index (χ0n) is 16.5. The van der Waals surface area contributed by atoms with Crippen LogP contribution >= 0.6 is 15.9 Å². The summed E-state index contributed by atoms with van der Waals surface area (Å²) in [6.07, 6.45) is 1.04. The van der Waals surface area contributed by atoms with E-state index in [9.17, 15) is 14.0 Å². The topological polar surface area (TPSA) is 81.9 Å². The van der Waals surface area contributed by atoms with Gasteiger partial charge < -0.3 is 13.9 Å². The number of ketones is 1. The highest BCUT2D eigenvalue weighted by Crippen LogP contribution is 2.37. The van der Waals surface area contributed by atoms with E-state index in [1.807, 2.05) is 0 Å². The Labute approximate surface area is 180 Å². The average molecular weight is 479 g/mol. The molecule has 0 saturated heterocycles. The summed E-state index contributed by atoms with van der Waals surface area (Å²) in [5.41, 5.74) is 0.847. The quantitative estimate of drug-likeness (QED) is 0.258. The van der Waals surface area contributed by atoms with Gasteiger partial charge in [0.2, 0.25) is 11.7 Å². The van der Waals surface area contributed by atoms with Gasteiger partial charge >= 0.3 is 6.09 Å². The second-order valence-corrected chi connectivity index (χ2v) is 7.23. The molecule has 0 fully saturated rings. The number of nitrogens with zero attached hydrogens (tertiary/aromatic N) is 2. The lowest BCUT2D eigenvalue weighted by Gasteiger charge is -2.22. The molecule has 1 amide bonds. The first-order valence-electron chi connectivity index (χ1n) is 9.27. The molecule has 0 spiro atoms. The van der Waals surface area contributed by atoms with E-state index < -0.39 is 17.8 Å². The van der Waals surface area contributed by atoms with E-state index >= 15 is 0 Å². The molecule has 0 unspecified atom stereocenters. The maximum Gasteiger partial charge on any atom is 0.414 e. The van der Waals surface area contributed by atoms with E-state index in [2.05, 4.69) is 20.9 Å². The van der Waals surface area contributed by atoms with Crippen LogP contribution in [-0.2, 0) is 9.47 Å². The molecule has 0 bridgehead atoms. The van der Waals surface area contributed by atoms with Crippen molar-refractivity contribution in [1.29, 1.82) is 0 Å². The lowest BCUT2D eigenvalue weighted by Crippen LogP contribution is -2.34. The van der Waals surface area contributed by atoms with Crippen molar-refractivity contribution in [3.8, 4) is 0 Å². The van der Waals surface area contributed by atoms with E-state index in [-0.39, 0.29) is 30.2 Å². The molecule has 0 atom stereocenters. The van der Waals surface area contributed by atoms with Gasteiger partial charge in [0.05, 0.1) is 6.61 Å². The zero-order chi connectivity index (χ0) is 21.7. The number of furan rings is 1. The molecule has 158 valence electrons. The van der Waals surface area contributed by atoms with Crippen molar-refractivity contribution < 1.29 is 27.9 Å². The molecular weight excluding hydrogens is 459 g/mol. The Kier molecular flexibility index (Phi) is 7.17. The van der Waals surface area contributed by atoms with Gasteiger partial charge in [-0.25, -0.2) is 9.78 Å². The molecule has 2 heterocycles. The normalized spacial score (nSPS) is 10.9. The third kappa shape index (κ3) is 4.68. The van der Waals surface area contributed by atoms with Crippen LogP contribution in [0.2, 0.25) is 0 Å². The summed E-state index contributed by atoms with van der Waals surface area (Å²) in [6, 6.07) is 7.63. The molecule has 0 aliphatic carbocycles. The average Bonchev–Trinajstić information content (AvgIpc) is 3.09. The Bertz CT molecular complexity index is 1050. The Morgan fingerprint density at radius 2 is 2.07 bits per heavy atom. The zero-order valence-corrected chi connectivity index (χ0v) is 18.1. The van der Waals surface area contributed by atoms with Gasteiger partial charge in [0.1, 0.15) is 11.3 Å². The van der Waals surface area contributed by atoms with Gasteiger partial charge in [-0.2, -0.15) is 4.39 Å². The van der Waals surface area contributed by atoms with Crippen LogP contribution in [0.1, 0.15) is 29.5 Å². The van der Waals surface area contributed by atoms with Crippen molar-refractivity contribution in [2.45, 2.75) is 13.3 Å². The molecule has 7 nitrogen and oxygen atoms in total. The summed E-state index contributed by atoms with van der Waals surface area (Å²) in [4.78, 5) is 30.8. The van der Waals surface area contributed by atoms with Crippen LogP contribution < -0.4 is 4.90 Å². The fourth-order valence-electron chi connectivity index (χ4n) is 2.98. The van der Waals surface area contributed by atoms with Crippen LogP contribution in [0.25, 0.3) is 11.0 Å². The van der Waals surface area contributed by atoms with Gasteiger partial charge in [0, 0.05) is 41.9 Å². The SMILES string of the molecule is CCOC(=O)N(CCCOC)c1c(C(=O)c2ccc(F)nc2)oc2ccc(Br)cc12. The van der Waals surface area contributed by atoms with Crippen LogP contribution in [0.5, 0.6) is 0 Å². The highest BCUT2D eigenvalue weighted by atomic mass is 79.9. The number of carbonyl (C=O) groups is 2. The summed E-state index contributed by atoms with van der Waals surface area (Å²) < 4.78 is 30.1. The molecule has 0 aliphatic heterocycles. The first-order chi connectivity index (χ1) is 14.5. The fourth-order valence-corrected chi connectivity index (χ4v) is 3.34. The summed E-state index contributed by atoms with van der Waals surface area (Å²) in [7, 11) is 1.57. The number of hydrogen-bond acceptors (Lipinski definition) is 6. The minimum Gasteiger partial charge on any atom is -0.450 e. The van der Waals surface area contributed by atoms with E-state index in [1.54, 1.807) is 32.2 Å². The summed E-state index contributed by atoms with van der Waals surface area (Å²) >= 11 is 3.41. The van der Waals surface area contributed by atoms with E-state index in [0.717, 1.165) is 16.7 Å². The van der Waals surface area contributed by atoms with Crippen LogP contribution in [0, 0.1) is 5.95 Å². The lowest BCUT2D eigenvalue weighted by molar-refractivity contribution is 0.101. The standard InChI is InChI=1S/C21H20BrFN2O5/c1-3-29-21(27)25(9-4-10-28-2)18-15-11-14(22)6-7-16(15)30-20(18)19(26)13-5-8-17(23)24-12-13/h5-8,11-12H,3-4,9-10H2,1-2H3. The Morgan fingerprint density at radius 1 is 1.27 bits per heavy atom. The number of amides is 1. The molecule has 0 radical (unpaired) electrons. The number of pyridine rings is 1. The van der Waals surface area contributed by atoms with Crippen LogP contribution in [-0.4, -0.2) is 43.7 Å². The molecule has 2 aromatic heterocycles. The van der Waals surface area contributed by atoms with Crippen LogP contribution in [0.4, 0.5) is 14.9 Å². The van der Waals surface area contributed by atoms with Crippen molar-refractivity contribution in [2.75, 3.05) is 31.8 Å². The highest BCUT2D eigenvalue weighted by molar-refractivity contribution is 9.10. The summed E-state index contributed by atoms with van der Waals surface area (Å²) in [5, 5.41) is 0.563. The maximum atomic E-state index is 13.2. The third-order valence-corrected chi connectivity index (χ3v) is 4.80. The Hall–Kier alpha value is -2.78. The Morgan fingerprint density at radius 3 is 2.73 bits per heavy atom. The van der Waals surface area contributed by atoms with E-state index in [0.29, 0.717) is 24.0 Å². The maximum absolute atomic E-state index is 13.2. The van der Waals surface area contributed by atoms with Crippen molar-refractivity contribution in [1.82, 2.24) is 4.98 Å². The number of hydrogen-bond donors (Lipinski definition) is 0. The lowest BCUT2D eigenvalue weighted by atomic mass is 10.1. The largest absolute Gasteiger partial charge is 0.450 e. The Balaban J connectivity index is 2.16. The number of anilines is 1. The number of methoxy groups -OCH3 is 1. The number of carbonyl (C=O) groups excluding carboxylic acids is 2. The monoisotopic (exact) mass is 478 g/mol. The van der Waals surface area contributed by atoms with Gasteiger partial charge in [-0.15, -0.1) is 0 Å². The number of aromatic nitrogens is 1. The van der Waals surface area contributed by atoms with Gasteiger partial charge in [0.25, 0.3) is 0 Å². The number of benzene rings is 1. The molecule has 3 aromatic rings. The number of rotatable bonds is 8. The minimum absolute atomic E-state index is 0.0537. The number of fused-ring (bicyclic) bond motifs is 1. The van der Waals surface area contributed by atoms with Crippen molar-refractivity contribution >= 4 is 44.5 Å². The second kappa shape index (κ2) is 9.82. The van der Waals surface area contributed by atoms with E-state index in [1.165, 1.54) is 11.0 Å². The fraction of sp³-hybridized carbons (Fsp3) is 0.286. The molecular formula is C21H20BrFN2O5. The summed E-state index contributed by atoms with van der Waals surface area (Å²) in [6.45, 7) is 2.53. The van der Waals surface area contributed by atoms with Crippen molar-refractivity contribution in [2.24, 2.45) is 0 Å². The van der Waals surface area contributed by atoms with Gasteiger partial charge in [-0.1, -0.05) is 15.9 Å². The van der Waals surface area contributed by atoms with Crippen molar-refractivity contribution in [3.05, 3.63) is 58.3 Å². The molecule has 30 heavy (non-hydrogen) atoms. The molecule has 9 heteroatoms.